The molecule has 0 unspecified atom stereocenters. The van der Waals surface area contributed by atoms with Gasteiger partial charge in [0, 0.05) is 19.3 Å². The molecule has 1 aromatic heterocycles. The van der Waals surface area contributed by atoms with Gasteiger partial charge < -0.3 is 14.4 Å². The van der Waals surface area contributed by atoms with Gasteiger partial charge >= 0.3 is 0 Å². The van der Waals surface area contributed by atoms with Gasteiger partial charge in [0.05, 0.1) is 19.2 Å². The first-order chi connectivity index (χ1) is 13.5. The highest BCUT2D eigenvalue weighted by Crippen LogP contribution is 2.31. The van der Waals surface area contributed by atoms with Gasteiger partial charge in [-0.25, -0.2) is 4.98 Å². The van der Waals surface area contributed by atoms with Crippen molar-refractivity contribution in [1.29, 1.82) is 0 Å². The van der Waals surface area contributed by atoms with Crippen LogP contribution in [-0.4, -0.2) is 19.2 Å². The first-order valence-corrected chi connectivity index (χ1v) is 9.52. The fraction of sp³-hybridized carbons (Fsp3) is 0.261. The quantitative estimate of drug-likeness (QED) is 0.522. The van der Waals surface area contributed by atoms with Crippen molar-refractivity contribution in [2.75, 3.05) is 19.1 Å². The standard InChI is InChI=1S/C23H25ClN2O2/c1-16-13-25-23(22(24)17(16)2)26(14-18-5-9-20(27-3)10-6-18)15-19-7-11-21(28-4)12-8-19/h5-13H,14-15H2,1-4H3. The van der Waals surface area contributed by atoms with Crippen LogP contribution in [0, 0.1) is 13.8 Å². The Morgan fingerprint density at radius 1 is 0.821 bits per heavy atom. The number of aromatic nitrogens is 1. The number of rotatable bonds is 7. The number of nitrogens with zero attached hydrogens (tertiary/aromatic N) is 2. The molecule has 3 rings (SSSR count). The number of pyridine rings is 1. The Morgan fingerprint density at radius 2 is 1.29 bits per heavy atom. The van der Waals surface area contributed by atoms with Gasteiger partial charge in [0.1, 0.15) is 17.3 Å². The average Bonchev–Trinajstić information content (AvgIpc) is 2.73. The number of benzene rings is 2. The van der Waals surface area contributed by atoms with Crippen LogP contribution < -0.4 is 14.4 Å². The Balaban J connectivity index is 1.93. The molecule has 4 nitrogen and oxygen atoms in total. The van der Waals surface area contributed by atoms with Gasteiger partial charge in [-0.2, -0.15) is 0 Å². The maximum Gasteiger partial charge on any atom is 0.148 e. The molecule has 2 aromatic carbocycles. The van der Waals surface area contributed by atoms with E-state index >= 15 is 0 Å². The third kappa shape index (κ3) is 4.57. The molecule has 5 heteroatoms. The largest absolute Gasteiger partial charge is 0.497 e. The first-order valence-electron chi connectivity index (χ1n) is 9.14. The molecule has 0 amide bonds. The number of halogens is 1. The van der Waals surface area contributed by atoms with Crippen LogP contribution in [-0.2, 0) is 13.1 Å². The zero-order valence-electron chi connectivity index (χ0n) is 16.7. The van der Waals surface area contributed by atoms with E-state index in [0.29, 0.717) is 18.1 Å². The molecule has 0 bridgehead atoms. The summed E-state index contributed by atoms with van der Waals surface area (Å²) >= 11 is 6.68. The number of hydrogen-bond acceptors (Lipinski definition) is 4. The van der Waals surface area contributed by atoms with E-state index in [1.807, 2.05) is 44.3 Å². The second kappa shape index (κ2) is 8.98. The number of ether oxygens (including phenoxy) is 2. The molecule has 3 aromatic rings. The molecule has 0 radical (unpaired) electrons. The van der Waals surface area contributed by atoms with Crippen LogP contribution in [0.5, 0.6) is 11.5 Å². The lowest BCUT2D eigenvalue weighted by Gasteiger charge is -2.26. The zero-order valence-corrected chi connectivity index (χ0v) is 17.5. The molecule has 0 saturated carbocycles. The molecule has 146 valence electrons. The molecule has 0 N–H and O–H groups in total. The molecular formula is C23H25ClN2O2. The van der Waals surface area contributed by atoms with Crippen molar-refractivity contribution in [1.82, 2.24) is 4.98 Å². The molecule has 0 spiro atoms. The summed E-state index contributed by atoms with van der Waals surface area (Å²) in [6, 6.07) is 16.1. The van der Waals surface area contributed by atoms with Crippen molar-refractivity contribution >= 4 is 17.4 Å². The Kier molecular flexibility index (Phi) is 6.42. The van der Waals surface area contributed by atoms with Gasteiger partial charge in [-0.1, -0.05) is 35.9 Å². The molecule has 0 aliphatic carbocycles. The minimum absolute atomic E-state index is 0.686. The van der Waals surface area contributed by atoms with E-state index in [4.69, 9.17) is 21.1 Å². The summed E-state index contributed by atoms with van der Waals surface area (Å²) in [7, 11) is 3.34. The fourth-order valence-electron chi connectivity index (χ4n) is 2.98. The van der Waals surface area contributed by atoms with Crippen LogP contribution in [0.1, 0.15) is 22.3 Å². The third-order valence-corrected chi connectivity index (χ3v) is 5.31. The van der Waals surface area contributed by atoms with E-state index in [1.54, 1.807) is 14.2 Å². The molecule has 0 aliphatic heterocycles. The summed E-state index contributed by atoms with van der Waals surface area (Å²) in [6.45, 7) is 5.42. The summed E-state index contributed by atoms with van der Waals surface area (Å²) < 4.78 is 10.5. The van der Waals surface area contributed by atoms with Crippen molar-refractivity contribution < 1.29 is 9.47 Å². The summed E-state index contributed by atoms with van der Waals surface area (Å²) in [5, 5.41) is 0.696. The highest BCUT2D eigenvalue weighted by atomic mass is 35.5. The molecule has 0 fully saturated rings. The lowest BCUT2D eigenvalue weighted by molar-refractivity contribution is 0.414. The summed E-state index contributed by atoms with van der Waals surface area (Å²) in [4.78, 5) is 6.84. The van der Waals surface area contributed by atoms with E-state index in [0.717, 1.165) is 39.6 Å². The lowest BCUT2D eigenvalue weighted by atomic mass is 10.1. The van der Waals surface area contributed by atoms with Crippen LogP contribution in [0.25, 0.3) is 0 Å². The van der Waals surface area contributed by atoms with Gasteiger partial charge in [0.25, 0.3) is 0 Å². The Labute approximate surface area is 171 Å². The Hall–Kier alpha value is -2.72. The molecule has 0 saturated heterocycles. The predicted octanol–water partition coefficient (Wildman–Crippen LogP) is 5.58. The minimum atomic E-state index is 0.686. The second-order valence-corrected chi connectivity index (χ2v) is 7.13. The van der Waals surface area contributed by atoms with Crippen LogP contribution >= 0.6 is 11.6 Å². The van der Waals surface area contributed by atoms with Crippen LogP contribution in [0.3, 0.4) is 0 Å². The van der Waals surface area contributed by atoms with Crippen molar-refractivity contribution in [2.24, 2.45) is 0 Å². The fourth-order valence-corrected chi connectivity index (χ4v) is 3.30. The van der Waals surface area contributed by atoms with Crippen molar-refractivity contribution in [3.63, 3.8) is 0 Å². The smallest absolute Gasteiger partial charge is 0.148 e. The monoisotopic (exact) mass is 396 g/mol. The minimum Gasteiger partial charge on any atom is -0.497 e. The molecular weight excluding hydrogens is 372 g/mol. The van der Waals surface area contributed by atoms with Crippen molar-refractivity contribution in [3.8, 4) is 11.5 Å². The number of methoxy groups -OCH3 is 2. The van der Waals surface area contributed by atoms with Crippen LogP contribution in [0.15, 0.2) is 54.7 Å². The van der Waals surface area contributed by atoms with E-state index in [2.05, 4.69) is 34.1 Å². The lowest BCUT2D eigenvalue weighted by Crippen LogP contribution is -2.24. The zero-order chi connectivity index (χ0) is 20.1. The topological polar surface area (TPSA) is 34.6 Å². The molecule has 0 atom stereocenters. The van der Waals surface area contributed by atoms with Crippen LogP contribution in [0.4, 0.5) is 5.82 Å². The summed E-state index contributed by atoms with van der Waals surface area (Å²) in [5.41, 5.74) is 4.46. The van der Waals surface area contributed by atoms with Gasteiger partial charge in [-0.15, -0.1) is 0 Å². The SMILES string of the molecule is COc1ccc(CN(Cc2ccc(OC)cc2)c2ncc(C)c(C)c2Cl)cc1. The van der Waals surface area contributed by atoms with Gasteiger partial charge in [-0.05, 0) is 60.4 Å². The highest BCUT2D eigenvalue weighted by molar-refractivity contribution is 6.33. The molecule has 28 heavy (non-hydrogen) atoms. The van der Waals surface area contributed by atoms with Gasteiger partial charge in [0.2, 0.25) is 0 Å². The normalized spacial score (nSPS) is 10.6. The number of aryl methyl sites for hydroxylation is 1. The average molecular weight is 397 g/mol. The van der Waals surface area contributed by atoms with E-state index in [-0.39, 0.29) is 0 Å². The maximum absolute atomic E-state index is 6.68. The van der Waals surface area contributed by atoms with Crippen LogP contribution in [0.2, 0.25) is 5.02 Å². The third-order valence-electron chi connectivity index (χ3n) is 4.86. The van der Waals surface area contributed by atoms with Crippen molar-refractivity contribution in [3.05, 3.63) is 82.0 Å². The first kappa shape index (κ1) is 20.0. The highest BCUT2D eigenvalue weighted by Gasteiger charge is 2.16. The maximum atomic E-state index is 6.68. The van der Waals surface area contributed by atoms with Gasteiger partial charge in [-0.3, -0.25) is 0 Å². The molecule has 0 aliphatic rings. The van der Waals surface area contributed by atoms with E-state index < -0.39 is 0 Å². The van der Waals surface area contributed by atoms with Gasteiger partial charge in [0.15, 0.2) is 0 Å². The summed E-state index contributed by atoms with van der Waals surface area (Å²) in [6.07, 6.45) is 1.88. The van der Waals surface area contributed by atoms with E-state index in [1.165, 1.54) is 0 Å². The van der Waals surface area contributed by atoms with E-state index in [9.17, 15) is 0 Å². The Bertz CT molecular complexity index is 875. The summed E-state index contributed by atoms with van der Waals surface area (Å²) in [5.74, 6) is 2.47. The number of hydrogen-bond donors (Lipinski definition) is 0. The predicted molar refractivity (Wildman–Crippen MR) is 115 cm³/mol. The molecule has 1 heterocycles. The Morgan fingerprint density at radius 3 is 1.71 bits per heavy atom. The second-order valence-electron chi connectivity index (χ2n) is 6.76. The number of anilines is 1. The van der Waals surface area contributed by atoms with Crippen molar-refractivity contribution in [2.45, 2.75) is 26.9 Å².